The molecule has 0 bridgehead atoms. The first-order valence-electron chi connectivity index (χ1n) is 16.2. The molecular weight excluding hydrogens is 728 g/mol. The average molecular weight is 762 g/mol. The Labute approximate surface area is 305 Å². The summed E-state index contributed by atoms with van der Waals surface area (Å²) in [6, 6.07) is 2.34. The highest BCUT2D eigenvalue weighted by molar-refractivity contribution is 6.33. The van der Waals surface area contributed by atoms with Gasteiger partial charge in [0.1, 0.15) is 6.54 Å². The molecule has 1 atom stereocenters. The zero-order chi connectivity index (χ0) is 37.5. The van der Waals surface area contributed by atoms with Crippen molar-refractivity contribution in [2.24, 2.45) is 0 Å². The van der Waals surface area contributed by atoms with Crippen molar-refractivity contribution in [1.82, 2.24) is 34.0 Å². The summed E-state index contributed by atoms with van der Waals surface area (Å²) in [7, 11) is 1.41. The van der Waals surface area contributed by atoms with Gasteiger partial charge in [-0.25, -0.2) is 9.97 Å². The van der Waals surface area contributed by atoms with Gasteiger partial charge in [-0.1, -0.05) is 24.6 Å². The van der Waals surface area contributed by atoms with Crippen LogP contribution in [0.2, 0.25) is 10.3 Å². The van der Waals surface area contributed by atoms with E-state index in [1.807, 2.05) is 19.9 Å². The van der Waals surface area contributed by atoms with E-state index in [4.69, 9.17) is 32.7 Å². The highest BCUT2D eigenvalue weighted by Gasteiger charge is 2.34. The lowest BCUT2D eigenvalue weighted by Gasteiger charge is -2.21. The minimum absolute atomic E-state index is 0.0165. The number of hydrogen-bond acceptors (Lipinski definition) is 9. The summed E-state index contributed by atoms with van der Waals surface area (Å²) >= 11 is 12.2. The van der Waals surface area contributed by atoms with E-state index in [9.17, 15) is 27.6 Å². The molecule has 0 aliphatic carbocycles. The van der Waals surface area contributed by atoms with Crippen molar-refractivity contribution in [1.29, 1.82) is 0 Å². The molecule has 3 aromatic heterocycles. The number of nitrogens with zero attached hydrogens (tertiary/aromatic N) is 7. The molecule has 274 valence electrons. The maximum absolute atomic E-state index is 14.2. The SMILES string of the molecule is CCc1c(C=C2CC(C)N(C(=O)c3nc(Cl)nc(C)c3OC)C2)c(=O)n2nc(C3=CCOCC3)nc2n1CC(=O)Nc1ccc(C(F)(F)F)cc1Cl. The van der Waals surface area contributed by atoms with Crippen LogP contribution in [-0.4, -0.2) is 78.8 Å². The molecule has 2 amide bonds. The first-order chi connectivity index (χ1) is 24.7. The van der Waals surface area contributed by atoms with Crippen molar-refractivity contribution in [2.75, 3.05) is 32.2 Å². The lowest BCUT2D eigenvalue weighted by Crippen LogP contribution is -2.34. The Kier molecular flexibility index (Phi) is 10.4. The Hall–Kier alpha value is -4.80. The minimum Gasteiger partial charge on any atom is -0.492 e. The standard InChI is InChI=1S/C34H33Cl2F3N8O5/c1-5-25-22(13-19-12-17(2)45(15-19)31(50)27-28(51-4)18(3)40-32(36)42-27)30(49)47-33(43-29(44-47)20-8-10-52-11-9-20)46(25)16-26(48)41-24-7-6-21(14-23(24)35)34(37,38)39/h6-8,13-14,17H,5,9-12,15-16H2,1-4H3,(H,41,48). The van der Waals surface area contributed by atoms with E-state index in [-0.39, 0.29) is 64.3 Å². The second-order valence-corrected chi connectivity index (χ2v) is 13.0. The number of carbonyl (C=O) groups is 2. The number of rotatable bonds is 8. The van der Waals surface area contributed by atoms with E-state index < -0.39 is 29.1 Å². The molecular formula is C34H33Cl2F3N8O5. The molecule has 1 N–H and O–H groups in total. The second-order valence-electron chi connectivity index (χ2n) is 12.3. The number of halogens is 5. The molecule has 6 rings (SSSR count). The van der Waals surface area contributed by atoms with E-state index >= 15 is 0 Å². The number of aryl methyl sites for hydroxylation is 1. The molecule has 13 nitrogen and oxygen atoms in total. The molecule has 1 aromatic carbocycles. The number of nitrogens with one attached hydrogen (secondary N) is 1. The van der Waals surface area contributed by atoms with Gasteiger partial charge in [0.25, 0.3) is 11.5 Å². The van der Waals surface area contributed by atoms with Gasteiger partial charge in [0.05, 0.1) is 47.9 Å². The highest BCUT2D eigenvalue weighted by atomic mass is 35.5. The van der Waals surface area contributed by atoms with Crippen LogP contribution in [0.3, 0.4) is 0 Å². The quantitative estimate of drug-likeness (QED) is 0.225. The monoisotopic (exact) mass is 760 g/mol. The molecule has 5 heterocycles. The number of fused-ring (bicyclic) bond motifs is 1. The normalized spacial score (nSPS) is 17.2. The van der Waals surface area contributed by atoms with Crippen molar-refractivity contribution in [3.8, 4) is 5.75 Å². The maximum atomic E-state index is 14.2. The zero-order valence-corrected chi connectivity index (χ0v) is 30.0. The van der Waals surface area contributed by atoms with Crippen LogP contribution in [0.1, 0.15) is 65.5 Å². The number of carbonyl (C=O) groups excluding carboxylic acids is 2. The average Bonchev–Trinajstić information content (AvgIpc) is 3.71. The number of methoxy groups -OCH3 is 1. The highest BCUT2D eigenvalue weighted by Crippen LogP contribution is 2.34. The summed E-state index contributed by atoms with van der Waals surface area (Å²) < 4.78 is 53.1. The van der Waals surface area contributed by atoms with Crippen LogP contribution >= 0.6 is 23.2 Å². The van der Waals surface area contributed by atoms with Crippen LogP contribution in [0.5, 0.6) is 5.75 Å². The van der Waals surface area contributed by atoms with E-state index in [1.54, 1.807) is 22.5 Å². The Balaban J connectivity index is 1.40. The number of hydrogen-bond donors (Lipinski definition) is 1. The third kappa shape index (κ3) is 7.27. The number of likely N-dealkylation sites (tertiary alicyclic amines) is 1. The summed E-state index contributed by atoms with van der Waals surface area (Å²) in [5.74, 6) is -0.452. The van der Waals surface area contributed by atoms with E-state index in [2.05, 4.69) is 25.4 Å². The Morgan fingerprint density at radius 3 is 2.62 bits per heavy atom. The number of alkyl halides is 3. The number of amides is 2. The van der Waals surface area contributed by atoms with Gasteiger partial charge in [-0.2, -0.15) is 22.7 Å². The van der Waals surface area contributed by atoms with E-state index in [0.717, 1.165) is 33.9 Å². The molecule has 4 aromatic rings. The Morgan fingerprint density at radius 2 is 1.96 bits per heavy atom. The second kappa shape index (κ2) is 14.7. The van der Waals surface area contributed by atoms with Gasteiger partial charge < -0.3 is 24.3 Å². The smallest absolute Gasteiger partial charge is 0.416 e. The van der Waals surface area contributed by atoms with Crippen LogP contribution in [0.4, 0.5) is 18.9 Å². The molecule has 0 saturated carbocycles. The van der Waals surface area contributed by atoms with Crippen molar-refractivity contribution in [2.45, 2.75) is 58.8 Å². The summed E-state index contributed by atoms with van der Waals surface area (Å²) in [6.45, 7) is 5.91. The van der Waals surface area contributed by atoms with Crippen molar-refractivity contribution >= 4 is 58.1 Å². The third-order valence-corrected chi connectivity index (χ3v) is 9.32. The Morgan fingerprint density at radius 1 is 1.19 bits per heavy atom. The van der Waals surface area contributed by atoms with Gasteiger partial charge >= 0.3 is 6.18 Å². The van der Waals surface area contributed by atoms with Crippen molar-refractivity contribution < 1.29 is 32.2 Å². The summed E-state index contributed by atoms with van der Waals surface area (Å²) in [6.07, 6.45) is 0.135. The molecule has 0 spiro atoms. The van der Waals surface area contributed by atoms with Gasteiger partial charge in [-0.15, -0.1) is 5.10 Å². The van der Waals surface area contributed by atoms with Gasteiger partial charge in [0.2, 0.25) is 17.0 Å². The van der Waals surface area contributed by atoms with Crippen molar-refractivity contribution in [3.63, 3.8) is 0 Å². The van der Waals surface area contributed by atoms with Gasteiger partial charge in [0, 0.05) is 18.3 Å². The fourth-order valence-corrected chi connectivity index (χ4v) is 6.81. The lowest BCUT2D eigenvalue weighted by molar-refractivity contribution is -0.137. The van der Waals surface area contributed by atoms with Crippen LogP contribution in [0, 0.1) is 6.92 Å². The molecule has 2 aliphatic rings. The van der Waals surface area contributed by atoms with Crippen LogP contribution in [0.25, 0.3) is 17.4 Å². The zero-order valence-electron chi connectivity index (χ0n) is 28.5. The largest absolute Gasteiger partial charge is 0.492 e. The minimum atomic E-state index is -4.61. The molecule has 0 radical (unpaired) electrons. The first-order valence-corrected chi connectivity index (χ1v) is 17.0. The third-order valence-electron chi connectivity index (χ3n) is 8.84. The molecule has 1 unspecified atom stereocenters. The fourth-order valence-electron chi connectivity index (χ4n) is 6.37. The maximum Gasteiger partial charge on any atom is 0.416 e. The first kappa shape index (κ1) is 37.0. The molecule has 2 aliphatic heterocycles. The topological polar surface area (TPSA) is 146 Å². The fraction of sp³-hybridized carbons (Fsp3) is 0.382. The number of benzene rings is 1. The molecule has 1 fully saturated rings. The lowest BCUT2D eigenvalue weighted by atomic mass is 10.1. The number of ether oxygens (including phenoxy) is 2. The van der Waals surface area contributed by atoms with Gasteiger partial charge in [-0.3, -0.25) is 14.4 Å². The van der Waals surface area contributed by atoms with E-state index in [1.165, 1.54) is 7.11 Å². The number of aromatic nitrogens is 6. The molecule has 18 heteroatoms. The van der Waals surface area contributed by atoms with Gasteiger partial charge in [-0.05, 0) is 80.1 Å². The van der Waals surface area contributed by atoms with Gasteiger partial charge in [0.15, 0.2) is 17.3 Å². The summed E-state index contributed by atoms with van der Waals surface area (Å²) in [4.78, 5) is 55.9. The van der Waals surface area contributed by atoms with Crippen molar-refractivity contribution in [3.05, 3.63) is 84.5 Å². The van der Waals surface area contributed by atoms with Crippen LogP contribution < -0.4 is 15.6 Å². The van der Waals surface area contributed by atoms with Crippen LogP contribution in [0.15, 0.2) is 34.6 Å². The predicted molar refractivity (Wildman–Crippen MR) is 187 cm³/mol. The Bertz CT molecular complexity index is 2220. The molecule has 52 heavy (non-hydrogen) atoms. The molecule has 1 saturated heterocycles. The summed E-state index contributed by atoms with van der Waals surface area (Å²) in [5.41, 5.74) is 1.18. The van der Waals surface area contributed by atoms with E-state index in [0.29, 0.717) is 43.3 Å². The number of anilines is 1. The summed E-state index contributed by atoms with van der Waals surface area (Å²) in [5, 5.41) is 6.72. The predicted octanol–water partition coefficient (Wildman–Crippen LogP) is 5.65. The van der Waals surface area contributed by atoms with Crippen LogP contribution in [-0.2, 0) is 28.7 Å².